The lowest BCUT2D eigenvalue weighted by molar-refractivity contribution is -0.139. The molecule has 2 aromatic rings. The number of nitrogens with zero attached hydrogens (tertiary/aromatic N) is 2. The number of nitrogens with one attached hydrogen (secondary N) is 1. The minimum Gasteiger partial charge on any atom is -0.463 e. The summed E-state index contributed by atoms with van der Waals surface area (Å²) < 4.78 is 18.9. The summed E-state index contributed by atoms with van der Waals surface area (Å²) in [5.74, 6) is -0.467. The Hall–Kier alpha value is -2.29. The summed E-state index contributed by atoms with van der Waals surface area (Å²) in [5, 5.41) is 15.0. The van der Waals surface area contributed by atoms with E-state index in [0.29, 0.717) is 46.9 Å². The van der Waals surface area contributed by atoms with Crippen LogP contribution in [0.25, 0.3) is 0 Å². The Balaban J connectivity index is 2.11. The number of aliphatic hydroxyl groups is 1. The number of hydrogen-bond donors (Lipinski definition) is 2. The predicted octanol–water partition coefficient (Wildman–Crippen LogP) is 4.01. The summed E-state index contributed by atoms with van der Waals surface area (Å²) in [6, 6.07) is 3.26. The third-order valence-electron chi connectivity index (χ3n) is 4.35. The van der Waals surface area contributed by atoms with Gasteiger partial charge in [0.15, 0.2) is 10.8 Å². The van der Waals surface area contributed by atoms with Crippen LogP contribution in [0.3, 0.4) is 0 Å². The van der Waals surface area contributed by atoms with Crippen molar-refractivity contribution in [2.45, 2.75) is 32.2 Å². The van der Waals surface area contributed by atoms with Gasteiger partial charge in [-0.05, 0) is 38.3 Å². The van der Waals surface area contributed by atoms with Crippen molar-refractivity contribution in [1.82, 2.24) is 10.3 Å². The van der Waals surface area contributed by atoms with E-state index in [4.69, 9.17) is 21.4 Å². The molecule has 0 bridgehead atoms. The molecule has 0 saturated carbocycles. The first-order chi connectivity index (χ1) is 14.0. The van der Waals surface area contributed by atoms with Gasteiger partial charge in [0.25, 0.3) is 0 Å². The first-order valence-electron chi connectivity index (χ1n) is 9.25. The number of aliphatic hydroxyl groups excluding tert-OH is 1. The van der Waals surface area contributed by atoms with Crippen molar-refractivity contribution in [3.8, 4) is 0 Å². The van der Waals surface area contributed by atoms with Crippen molar-refractivity contribution >= 4 is 34.7 Å². The second-order valence-electron chi connectivity index (χ2n) is 6.30. The van der Waals surface area contributed by atoms with E-state index in [1.54, 1.807) is 13.1 Å². The third-order valence-corrected chi connectivity index (χ3v) is 5.46. The molecule has 1 aromatic heterocycles. The molecule has 1 unspecified atom stereocenters. The number of amidine groups is 1. The molecule has 0 spiro atoms. The van der Waals surface area contributed by atoms with Crippen LogP contribution in [0, 0.1) is 5.82 Å². The topological polar surface area (TPSA) is 83.8 Å². The first-order valence-corrected chi connectivity index (χ1v) is 10.5. The van der Waals surface area contributed by atoms with Crippen molar-refractivity contribution in [3.63, 3.8) is 0 Å². The Labute approximate surface area is 177 Å². The molecule has 0 saturated heterocycles. The number of thiazole rings is 1. The van der Waals surface area contributed by atoms with Crippen molar-refractivity contribution in [2.75, 3.05) is 13.2 Å². The van der Waals surface area contributed by atoms with Crippen LogP contribution in [-0.2, 0) is 9.53 Å². The van der Waals surface area contributed by atoms with Gasteiger partial charge in [-0.15, -0.1) is 11.3 Å². The van der Waals surface area contributed by atoms with E-state index < -0.39 is 17.8 Å². The van der Waals surface area contributed by atoms with Crippen LogP contribution >= 0.6 is 22.9 Å². The Morgan fingerprint density at radius 3 is 2.90 bits per heavy atom. The van der Waals surface area contributed by atoms with E-state index in [9.17, 15) is 9.18 Å². The highest BCUT2D eigenvalue weighted by Gasteiger charge is 2.33. The normalized spacial score (nSPS) is 16.4. The highest BCUT2D eigenvalue weighted by Crippen LogP contribution is 2.37. The molecule has 1 aromatic carbocycles. The summed E-state index contributed by atoms with van der Waals surface area (Å²) in [4.78, 5) is 21.8. The number of aromatic nitrogens is 1. The fourth-order valence-corrected chi connectivity index (χ4v) is 3.91. The number of aliphatic imine (C=N–C) groups is 1. The molecule has 0 aliphatic carbocycles. The molecule has 0 radical (unpaired) electrons. The number of carbonyl (C=O) groups is 1. The highest BCUT2D eigenvalue weighted by molar-refractivity contribution is 7.11. The number of halogens is 2. The summed E-state index contributed by atoms with van der Waals surface area (Å²) >= 11 is 7.71. The number of unbranched alkanes of at least 4 members (excludes halogenated alkanes) is 1. The number of carbonyl (C=O) groups excluding carboxylic acids is 1. The van der Waals surface area contributed by atoms with Gasteiger partial charge in [0, 0.05) is 34.5 Å². The average Bonchev–Trinajstić information content (AvgIpc) is 3.22. The maximum Gasteiger partial charge on any atom is 0.338 e. The van der Waals surface area contributed by atoms with Crippen molar-refractivity contribution in [3.05, 3.63) is 62.5 Å². The standard InChI is InChI=1S/C20H21ClFN3O3S/c1-2-28-20(27)16-15(5-3-4-9-26)24-18(19-23-8-10-29-19)25-17(16)13-7-6-12(22)11-14(13)21/h6-8,10-11,17,26H,2-5,9H2,1H3,(H,24,25). The van der Waals surface area contributed by atoms with Gasteiger partial charge in [-0.2, -0.15) is 0 Å². The van der Waals surface area contributed by atoms with Gasteiger partial charge in [-0.1, -0.05) is 17.7 Å². The maximum atomic E-state index is 13.6. The van der Waals surface area contributed by atoms with Crippen LogP contribution in [0.15, 0.2) is 46.0 Å². The van der Waals surface area contributed by atoms with E-state index in [-0.39, 0.29) is 18.2 Å². The monoisotopic (exact) mass is 437 g/mol. The number of allylic oxidation sites excluding steroid dienone is 1. The summed E-state index contributed by atoms with van der Waals surface area (Å²) in [6.45, 7) is 1.99. The van der Waals surface area contributed by atoms with E-state index in [0.717, 1.165) is 0 Å². The van der Waals surface area contributed by atoms with Gasteiger partial charge in [0.1, 0.15) is 11.9 Å². The molecule has 0 fully saturated rings. The summed E-state index contributed by atoms with van der Waals surface area (Å²) in [7, 11) is 0. The zero-order valence-electron chi connectivity index (χ0n) is 15.8. The fraction of sp³-hybridized carbons (Fsp3) is 0.350. The van der Waals surface area contributed by atoms with Crippen LogP contribution < -0.4 is 5.32 Å². The molecule has 154 valence electrons. The lowest BCUT2D eigenvalue weighted by Gasteiger charge is -2.27. The van der Waals surface area contributed by atoms with Gasteiger partial charge < -0.3 is 15.2 Å². The minimum absolute atomic E-state index is 0.0582. The molecule has 29 heavy (non-hydrogen) atoms. The second-order valence-corrected chi connectivity index (χ2v) is 7.60. The molecule has 0 amide bonds. The Bertz CT molecular complexity index is 931. The van der Waals surface area contributed by atoms with Crippen LogP contribution in [-0.4, -0.2) is 35.1 Å². The van der Waals surface area contributed by atoms with Crippen molar-refractivity contribution in [2.24, 2.45) is 4.99 Å². The third kappa shape index (κ3) is 5.01. The van der Waals surface area contributed by atoms with Crippen LogP contribution in [0.5, 0.6) is 0 Å². The molecule has 1 aliphatic heterocycles. The lowest BCUT2D eigenvalue weighted by Crippen LogP contribution is -2.34. The number of rotatable bonds is 8. The SMILES string of the molecule is CCOC(=O)C1=C(CCCCO)NC(c2nccs2)=NC1c1ccc(F)cc1Cl. The largest absolute Gasteiger partial charge is 0.463 e. The van der Waals surface area contributed by atoms with Crippen LogP contribution in [0.4, 0.5) is 4.39 Å². The summed E-state index contributed by atoms with van der Waals surface area (Å²) in [5.41, 5.74) is 1.48. The van der Waals surface area contributed by atoms with E-state index in [2.05, 4.69) is 15.3 Å². The smallest absolute Gasteiger partial charge is 0.338 e. The van der Waals surface area contributed by atoms with Gasteiger partial charge in [0.2, 0.25) is 0 Å². The molecule has 2 heterocycles. The van der Waals surface area contributed by atoms with Crippen LogP contribution in [0.1, 0.15) is 42.8 Å². The summed E-state index contributed by atoms with van der Waals surface area (Å²) in [6.07, 6.45) is 3.43. The van der Waals surface area contributed by atoms with Gasteiger partial charge in [0.05, 0.1) is 12.2 Å². The quantitative estimate of drug-likeness (QED) is 0.481. The zero-order valence-corrected chi connectivity index (χ0v) is 17.4. The number of ether oxygens (including phenoxy) is 1. The fourth-order valence-electron chi connectivity index (χ4n) is 3.05. The number of hydrogen-bond acceptors (Lipinski definition) is 7. The van der Waals surface area contributed by atoms with Gasteiger partial charge in [-0.25, -0.2) is 14.2 Å². The van der Waals surface area contributed by atoms with Crippen molar-refractivity contribution in [1.29, 1.82) is 0 Å². The molecule has 2 N–H and O–H groups in total. The molecule has 1 atom stereocenters. The Morgan fingerprint density at radius 2 is 2.24 bits per heavy atom. The predicted molar refractivity (Wildman–Crippen MR) is 111 cm³/mol. The average molecular weight is 438 g/mol. The highest BCUT2D eigenvalue weighted by atomic mass is 35.5. The van der Waals surface area contributed by atoms with Crippen molar-refractivity contribution < 1.29 is 19.0 Å². The molecule has 1 aliphatic rings. The molecular weight excluding hydrogens is 417 g/mol. The van der Waals surface area contributed by atoms with E-state index in [1.165, 1.54) is 29.5 Å². The Kier molecular flexibility index (Phi) is 7.35. The minimum atomic E-state index is -0.758. The Morgan fingerprint density at radius 1 is 1.41 bits per heavy atom. The van der Waals surface area contributed by atoms with E-state index in [1.807, 2.05) is 5.38 Å². The lowest BCUT2D eigenvalue weighted by atomic mass is 9.93. The zero-order chi connectivity index (χ0) is 20.8. The molecular formula is C20H21ClFN3O3S. The van der Waals surface area contributed by atoms with Gasteiger partial charge >= 0.3 is 5.97 Å². The van der Waals surface area contributed by atoms with E-state index >= 15 is 0 Å². The number of benzene rings is 1. The molecule has 9 heteroatoms. The van der Waals surface area contributed by atoms with Crippen LogP contribution in [0.2, 0.25) is 5.02 Å². The van der Waals surface area contributed by atoms with Gasteiger partial charge in [-0.3, -0.25) is 4.99 Å². The maximum absolute atomic E-state index is 13.6. The molecule has 3 rings (SSSR count). The number of esters is 1. The molecule has 6 nitrogen and oxygen atoms in total. The second kappa shape index (κ2) is 9.96. The first kappa shape index (κ1) is 21.4.